The van der Waals surface area contributed by atoms with E-state index in [4.69, 9.17) is 5.73 Å². The van der Waals surface area contributed by atoms with E-state index >= 15 is 0 Å². The van der Waals surface area contributed by atoms with Crippen LogP contribution in [0.3, 0.4) is 0 Å². The monoisotopic (exact) mass is 310 g/mol. The van der Waals surface area contributed by atoms with E-state index in [-0.39, 0.29) is 11.3 Å². The van der Waals surface area contributed by atoms with E-state index in [2.05, 4.69) is 40.3 Å². The van der Waals surface area contributed by atoms with Crippen LogP contribution in [0.1, 0.15) is 24.0 Å². The van der Waals surface area contributed by atoms with Crippen LogP contribution in [0.25, 0.3) is 0 Å². The minimum absolute atomic E-state index is 0.123. The van der Waals surface area contributed by atoms with Gasteiger partial charge in [0.2, 0.25) is 5.91 Å². The van der Waals surface area contributed by atoms with Gasteiger partial charge in [-0.25, -0.2) is 0 Å². The molecule has 3 nitrogen and oxygen atoms in total. The molecule has 3 N–H and O–H groups in total. The molecule has 98 valence electrons. The molecule has 1 amide bonds. The SMILES string of the molecule is Cc1ccc(Br)cc1CCNC(=O)C1(CN)CC1. The zero-order valence-corrected chi connectivity index (χ0v) is 12.2. The number of aryl methyl sites for hydroxylation is 1. The maximum absolute atomic E-state index is 11.9. The molecular weight excluding hydrogens is 292 g/mol. The zero-order chi connectivity index (χ0) is 13.2. The van der Waals surface area contributed by atoms with Crippen molar-refractivity contribution in [2.24, 2.45) is 11.1 Å². The maximum atomic E-state index is 11.9. The van der Waals surface area contributed by atoms with Crippen LogP contribution in [-0.4, -0.2) is 19.0 Å². The van der Waals surface area contributed by atoms with E-state index in [1.54, 1.807) is 0 Å². The number of carbonyl (C=O) groups is 1. The molecule has 1 aliphatic carbocycles. The molecule has 2 rings (SSSR count). The van der Waals surface area contributed by atoms with Crippen LogP contribution in [0.2, 0.25) is 0 Å². The number of carbonyl (C=O) groups excluding carboxylic acids is 1. The minimum atomic E-state index is -0.244. The van der Waals surface area contributed by atoms with Crippen LogP contribution in [0.4, 0.5) is 0 Å². The molecule has 1 aliphatic rings. The second-order valence-electron chi connectivity index (χ2n) is 5.06. The number of amides is 1. The van der Waals surface area contributed by atoms with Crippen molar-refractivity contribution >= 4 is 21.8 Å². The van der Waals surface area contributed by atoms with Gasteiger partial charge in [0.05, 0.1) is 5.41 Å². The van der Waals surface area contributed by atoms with Gasteiger partial charge < -0.3 is 11.1 Å². The Morgan fingerprint density at radius 3 is 2.83 bits per heavy atom. The molecule has 18 heavy (non-hydrogen) atoms. The molecule has 0 unspecified atom stereocenters. The zero-order valence-electron chi connectivity index (χ0n) is 10.6. The fraction of sp³-hybridized carbons (Fsp3) is 0.500. The number of nitrogens with one attached hydrogen (secondary N) is 1. The van der Waals surface area contributed by atoms with E-state index in [0.29, 0.717) is 13.1 Å². The van der Waals surface area contributed by atoms with E-state index < -0.39 is 0 Å². The normalized spacial score (nSPS) is 16.4. The van der Waals surface area contributed by atoms with Gasteiger partial charge in [-0.1, -0.05) is 22.0 Å². The van der Waals surface area contributed by atoms with Crippen molar-refractivity contribution in [3.8, 4) is 0 Å². The van der Waals surface area contributed by atoms with E-state index in [0.717, 1.165) is 23.7 Å². The Morgan fingerprint density at radius 1 is 1.50 bits per heavy atom. The van der Waals surface area contributed by atoms with Crippen LogP contribution in [0.5, 0.6) is 0 Å². The fourth-order valence-electron chi connectivity index (χ4n) is 2.08. The first-order valence-corrected chi connectivity index (χ1v) is 7.10. The topological polar surface area (TPSA) is 55.1 Å². The lowest BCUT2D eigenvalue weighted by Gasteiger charge is -2.13. The lowest BCUT2D eigenvalue weighted by molar-refractivity contribution is -0.125. The Balaban J connectivity index is 1.85. The number of hydrogen-bond acceptors (Lipinski definition) is 2. The summed E-state index contributed by atoms with van der Waals surface area (Å²) < 4.78 is 1.08. The first-order chi connectivity index (χ1) is 8.57. The highest BCUT2D eigenvalue weighted by Crippen LogP contribution is 2.44. The molecule has 4 heteroatoms. The summed E-state index contributed by atoms with van der Waals surface area (Å²) in [6.07, 6.45) is 2.73. The average Bonchev–Trinajstić information content (AvgIpc) is 3.14. The van der Waals surface area contributed by atoms with Gasteiger partial charge >= 0.3 is 0 Å². The highest BCUT2D eigenvalue weighted by Gasteiger charge is 2.48. The van der Waals surface area contributed by atoms with Crippen LogP contribution in [0, 0.1) is 12.3 Å². The Morgan fingerprint density at radius 2 is 2.22 bits per heavy atom. The first kappa shape index (κ1) is 13.6. The predicted molar refractivity (Wildman–Crippen MR) is 76.3 cm³/mol. The van der Waals surface area contributed by atoms with E-state index in [9.17, 15) is 4.79 Å². The number of halogens is 1. The van der Waals surface area contributed by atoms with Gasteiger partial charge in [-0.2, -0.15) is 0 Å². The lowest BCUT2D eigenvalue weighted by Crippen LogP contribution is -2.37. The molecular formula is C14H19BrN2O. The molecule has 0 bridgehead atoms. The minimum Gasteiger partial charge on any atom is -0.355 e. The van der Waals surface area contributed by atoms with Gasteiger partial charge in [0.25, 0.3) is 0 Å². The summed E-state index contributed by atoms with van der Waals surface area (Å²) >= 11 is 3.47. The molecule has 0 aromatic heterocycles. The molecule has 0 spiro atoms. The van der Waals surface area contributed by atoms with Crippen LogP contribution in [-0.2, 0) is 11.2 Å². The molecule has 1 saturated carbocycles. The Labute approximate surface area is 116 Å². The Bertz CT molecular complexity index is 455. The van der Waals surface area contributed by atoms with E-state index in [1.807, 2.05) is 6.07 Å². The predicted octanol–water partition coefficient (Wildman–Crippen LogP) is 2.16. The maximum Gasteiger partial charge on any atom is 0.227 e. The quantitative estimate of drug-likeness (QED) is 0.875. The summed E-state index contributed by atoms with van der Waals surface area (Å²) in [5, 5.41) is 3.00. The van der Waals surface area contributed by atoms with Crippen molar-refractivity contribution in [3.63, 3.8) is 0 Å². The van der Waals surface area contributed by atoms with Crippen molar-refractivity contribution in [1.82, 2.24) is 5.32 Å². The molecule has 1 aromatic carbocycles. The lowest BCUT2D eigenvalue weighted by atomic mass is 10.0. The number of nitrogens with two attached hydrogens (primary N) is 1. The van der Waals surface area contributed by atoms with Crippen molar-refractivity contribution in [3.05, 3.63) is 33.8 Å². The number of rotatable bonds is 5. The summed E-state index contributed by atoms with van der Waals surface area (Å²) in [7, 11) is 0. The molecule has 0 heterocycles. The molecule has 0 radical (unpaired) electrons. The Hall–Kier alpha value is -0.870. The van der Waals surface area contributed by atoms with Gasteiger partial charge in [-0.05, 0) is 49.4 Å². The molecule has 1 aromatic rings. The summed E-state index contributed by atoms with van der Waals surface area (Å²) in [5.41, 5.74) is 7.91. The van der Waals surface area contributed by atoms with Crippen molar-refractivity contribution in [1.29, 1.82) is 0 Å². The molecule has 0 aliphatic heterocycles. The highest BCUT2D eigenvalue weighted by molar-refractivity contribution is 9.10. The van der Waals surface area contributed by atoms with Gasteiger partial charge in [-0.15, -0.1) is 0 Å². The van der Waals surface area contributed by atoms with Crippen molar-refractivity contribution in [2.75, 3.05) is 13.1 Å². The van der Waals surface area contributed by atoms with Gasteiger partial charge in [-0.3, -0.25) is 4.79 Å². The average molecular weight is 311 g/mol. The second-order valence-corrected chi connectivity index (χ2v) is 5.98. The molecule has 0 saturated heterocycles. The molecule has 0 atom stereocenters. The third-order valence-corrected chi connectivity index (χ3v) is 4.21. The van der Waals surface area contributed by atoms with Gasteiger partial charge in [0.15, 0.2) is 0 Å². The highest BCUT2D eigenvalue weighted by atomic mass is 79.9. The standard InChI is InChI=1S/C14H19BrN2O/c1-10-2-3-12(15)8-11(10)4-7-17-13(18)14(9-16)5-6-14/h2-3,8H,4-7,9,16H2,1H3,(H,17,18). The number of benzene rings is 1. The summed E-state index contributed by atoms with van der Waals surface area (Å²) in [6, 6.07) is 6.23. The smallest absolute Gasteiger partial charge is 0.227 e. The summed E-state index contributed by atoms with van der Waals surface area (Å²) in [4.78, 5) is 11.9. The van der Waals surface area contributed by atoms with Crippen LogP contribution < -0.4 is 11.1 Å². The first-order valence-electron chi connectivity index (χ1n) is 6.31. The number of hydrogen-bond donors (Lipinski definition) is 2. The molecule has 1 fully saturated rings. The van der Waals surface area contributed by atoms with Gasteiger partial charge in [0.1, 0.15) is 0 Å². The van der Waals surface area contributed by atoms with E-state index in [1.165, 1.54) is 11.1 Å². The largest absolute Gasteiger partial charge is 0.355 e. The summed E-state index contributed by atoms with van der Waals surface area (Å²) in [5.74, 6) is 0.123. The van der Waals surface area contributed by atoms with Gasteiger partial charge in [0, 0.05) is 17.6 Å². The third-order valence-electron chi connectivity index (χ3n) is 3.72. The second kappa shape index (κ2) is 5.41. The Kier molecular flexibility index (Phi) is 4.07. The van der Waals surface area contributed by atoms with Crippen molar-refractivity contribution in [2.45, 2.75) is 26.2 Å². The van der Waals surface area contributed by atoms with Crippen molar-refractivity contribution < 1.29 is 4.79 Å². The fourth-order valence-corrected chi connectivity index (χ4v) is 2.49. The third kappa shape index (κ3) is 2.93. The summed E-state index contributed by atoms with van der Waals surface area (Å²) in [6.45, 7) is 3.23. The van der Waals surface area contributed by atoms with Crippen LogP contribution >= 0.6 is 15.9 Å². The van der Waals surface area contributed by atoms with Crippen LogP contribution in [0.15, 0.2) is 22.7 Å².